The van der Waals surface area contributed by atoms with E-state index in [4.69, 9.17) is 27.9 Å². The molecule has 1 aliphatic heterocycles. The molecule has 1 aliphatic rings. The molecule has 100 valence electrons. The van der Waals surface area contributed by atoms with Gasteiger partial charge in [0.1, 0.15) is 5.75 Å². The Labute approximate surface area is 121 Å². The summed E-state index contributed by atoms with van der Waals surface area (Å²) >= 11 is 11.8. The van der Waals surface area contributed by atoms with Crippen molar-refractivity contribution < 1.29 is 4.74 Å². The molecule has 1 aromatic carbocycles. The fraction of sp³-hybridized carbons (Fsp3) is 0.385. The first-order valence-electron chi connectivity index (χ1n) is 6.15. The van der Waals surface area contributed by atoms with Crippen molar-refractivity contribution in [3.05, 3.63) is 40.2 Å². The molecular weight excluding hydrogens is 285 g/mol. The van der Waals surface area contributed by atoms with E-state index in [-0.39, 0.29) is 0 Å². The number of nitrogens with zero attached hydrogens (tertiary/aromatic N) is 3. The largest absolute Gasteiger partial charge is 0.493 e. The number of aromatic nitrogens is 3. The Morgan fingerprint density at radius 2 is 2.26 bits per heavy atom. The molecular formula is C13H13Cl2N3O. The molecule has 0 radical (unpaired) electrons. The Morgan fingerprint density at radius 3 is 3.11 bits per heavy atom. The van der Waals surface area contributed by atoms with Gasteiger partial charge in [0.25, 0.3) is 0 Å². The number of ether oxygens (including phenoxy) is 1. The molecule has 0 aliphatic carbocycles. The summed E-state index contributed by atoms with van der Waals surface area (Å²) < 4.78 is 7.46. The van der Waals surface area contributed by atoms with Crippen LogP contribution in [0.15, 0.2) is 18.3 Å². The van der Waals surface area contributed by atoms with Crippen molar-refractivity contribution in [3.8, 4) is 5.75 Å². The van der Waals surface area contributed by atoms with Gasteiger partial charge in [0.05, 0.1) is 18.8 Å². The topological polar surface area (TPSA) is 39.9 Å². The molecule has 0 saturated heterocycles. The maximum Gasteiger partial charge on any atom is 0.127 e. The lowest BCUT2D eigenvalue weighted by molar-refractivity contribution is 0.352. The zero-order chi connectivity index (χ0) is 13.2. The number of fused-ring (bicyclic) bond motifs is 1. The van der Waals surface area contributed by atoms with Crippen LogP contribution in [0.1, 0.15) is 16.8 Å². The molecule has 19 heavy (non-hydrogen) atoms. The molecule has 0 spiro atoms. The van der Waals surface area contributed by atoms with Crippen LogP contribution in [0, 0.1) is 0 Å². The molecule has 0 amide bonds. The van der Waals surface area contributed by atoms with E-state index < -0.39 is 0 Å². The maximum atomic E-state index is 6.13. The highest BCUT2D eigenvalue weighted by Gasteiger charge is 2.18. The van der Waals surface area contributed by atoms with E-state index in [1.54, 1.807) is 4.68 Å². The second-order valence-corrected chi connectivity index (χ2v) is 5.31. The Kier molecular flexibility index (Phi) is 3.62. The summed E-state index contributed by atoms with van der Waals surface area (Å²) in [5.74, 6) is 1.49. The van der Waals surface area contributed by atoms with E-state index in [0.29, 0.717) is 12.4 Å². The van der Waals surface area contributed by atoms with Crippen LogP contribution in [0.3, 0.4) is 0 Å². The first-order valence-corrected chi connectivity index (χ1v) is 7.06. The van der Waals surface area contributed by atoms with Crippen molar-refractivity contribution in [2.24, 2.45) is 0 Å². The third-order valence-corrected chi connectivity index (χ3v) is 3.50. The predicted molar refractivity (Wildman–Crippen MR) is 74.2 cm³/mol. The van der Waals surface area contributed by atoms with Crippen molar-refractivity contribution in [1.82, 2.24) is 15.0 Å². The number of hydrogen-bond donors (Lipinski definition) is 0. The number of rotatable bonds is 4. The molecule has 6 heteroatoms. The third-order valence-electron chi connectivity index (χ3n) is 3.09. The normalized spacial score (nSPS) is 13.4. The molecule has 0 atom stereocenters. The van der Waals surface area contributed by atoms with Gasteiger partial charge in [-0.1, -0.05) is 16.8 Å². The van der Waals surface area contributed by atoms with Gasteiger partial charge in [-0.05, 0) is 17.7 Å². The molecule has 0 N–H and O–H groups in total. The van der Waals surface area contributed by atoms with Gasteiger partial charge in [0.15, 0.2) is 0 Å². The van der Waals surface area contributed by atoms with Gasteiger partial charge in [-0.15, -0.1) is 16.7 Å². The average molecular weight is 298 g/mol. The summed E-state index contributed by atoms with van der Waals surface area (Å²) in [6, 6.07) is 3.89. The Balaban J connectivity index is 1.86. The van der Waals surface area contributed by atoms with Gasteiger partial charge in [-0.2, -0.15) is 0 Å². The summed E-state index contributed by atoms with van der Waals surface area (Å²) in [5, 5.41) is 8.90. The lowest BCUT2D eigenvalue weighted by Gasteiger charge is -2.08. The Hall–Kier alpha value is -1.26. The minimum absolute atomic E-state index is 0.550. The zero-order valence-electron chi connectivity index (χ0n) is 10.3. The van der Waals surface area contributed by atoms with E-state index >= 15 is 0 Å². The fourth-order valence-electron chi connectivity index (χ4n) is 2.27. The second kappa shape index (κ2) is 5.39. The molecule has 0 unspecified atom stereocenters. The van der Waals surface area contributed by atoms with Gasteiger partial charge >= 0.3 is 0 Å². The minimum Gasteiger partial charge on any atom is -0.493 e. The quantitative estimate of drug-likeness (QED) is 0.815. The summed E-state index contributed by atoms with van der Waals surface area (Å²) in [6.45, 7) is 1.33. The van der Waals surface area contributed by atoms with Crippen molar-refractivity contribution >= 4 is 23.2 Å². The van der Waals surface area contributed by atoms with Crippen molar-refractivity contribution in [2.75, 3.05) is 12.5 Å². The first kappa shape index (κ1) is 12.8. The molecule has 2 heterocycles. The molecule has 4 nitrogen and oxygen atoms in total. The third kappa shape index (κ3) is 2.69. The smallest absolute Gasteiger partial charge is 0.127 e. The SMILES string of the molecule is ClCCc1cn(Cc2cc(Cl)cc3c2OCC3)nn1. The van der Waals surface area contributed by atoms with Crippen LogP contribution in [0.4, 0.5) is 0 Å². The first-order chi connectivity index (χ1) is 9.26. The van der Waals surface area contributed by atoms with Gasteiger partial charge in [-0.25, -0.2) is 4.68 Å². The number of hydrogen-bond acceptors (Lipinski definition) is 3. The lowest BCUT2D eigenvalue weighted by Crippen LogP contribution is -2.02. The van der Waals surface area contributed by atoms with Crippen LogP contribution in [0.2, 0.25) is 5.02 Å². The predicted octanol–water partition coefficient (Wildman–Crippen LogP) is 2.70. The van der Waals surface area contributed by atoms with E-state index in [2.05, 4.69) is 10.3 Å². The summed E-state index contributed by atoms with van der Waals surface area (Å²) in [6.07, 6.45) is 3.55. The standard InChI is InChI=1S/C13H13Cl2N3O/c14-3-1-12-8-18(17-16-12)7-10-6-11(15)5-9-2-4-19-13(9)10/h5-6,8H,1-4,7H2. The summed E-state index contributed by atoms with van der Waals surface area (Å²) in [7, 11) is 0. The van der Waals surface area contributed by atoms with Crippen LogP contribution in [0.25, 0.3) is 0 Å². The number of halogens is 2. The van der Waals surface area contributed by atoms with Gasteiger partial charge in [-0.3, -0.25) is 0 Å². The summed E-state index contributed by atoms with van der Waals surface area (Å²) in [5.41, 5.74) is 3.11. The van der Waals surface area contributed by atoms with Gasteiger partial charge < -0.3 is 4.74 Å². The van der Waals surface area contributed by atoms with Crippen LogP contribution in [-0.2, 0) is 19.4 Å². The average Bonchev–Trinajstić information content (AvgIpc) is 2.98. The lowest BCUT2D eigenvalue weighted by atomic mass is 10.1. The van der Waals surface area contributed by atoms with Crippen LogP contribution in [-0.4, -0.2) is 27.5 Å². The molecule has 2 aromatic rings. The van der Waals surface area contributed by atoms with Crippen LogP contribution in [0.5, 0.6) is 5.75 Å². The highest BCUT2D eigenvalue weighted by molar-refractivity contribution is 6.30. The van der Waals surface area contributed by atoms with Gasteiger partial charge in [0, 0.05) is 35.5 Å². The fourth-order valence-corrected chi connectivity index (χ4v) is 2.72. The van der Waals surface area contributed by atoms with E-state index in [1.807, 2.05) is 18.3 Å². The monoisotopic (exact) mass is 297 g/mol. The number of benzene rings is 1. The van der Waals surface area contributed by atoms with Crippen molar-refractivity contribution in [3.63, 3.8) is 0 Å². The van der Waals surface area contributed by atoms with Crippen molar-refractivity contribution in [1.29, 1.82) is 0 Å². The molecule has 0 saturated carbocycles. The van der Waals surface area contributed by atoms with E-state index in [0.717, 1.165) is 41.5 Å². The minimum atomic E-state index is 0.550. The van der Waals surface area contributed by atoms with E-state index in [9.17, 15) is 0 Å². The molecule has 1 aromatic heterocycles. The zero-order valence-corrected chi connectivity index (χ0v) is 11.8. The molecule has 0 fully saturated rings. The highest BCUT2D eigenvalue weighted by Crippen LogP contribution is 2.33. The summed E-state index contributed by atoms with van der Waals surface area (Å²) in [4.78, 5) is 0. The van der Waals surface area contributed by atoms with Gasteiger partial charge in [0.2, 0.25) is 0 Å². The molecule has 0 bridgehead atoms. The maximum absolute atomic E-state index is 6.13. The Bertz CT molecular complexity index is 598. The van der Waals surface area contributed by atoms with Crippen molar-refractivity contribution in [2.45, 2.75) is 19.4 Å². The molecule has 3 rings (SSSR count). The number of alkyl halides is 1. The van der Waals surface area contributed by atoms with Crippen LogP contribution >= 0.6 is 23.2 Å². The highest BCUT2D eigenvalue weighted by atomic mass is 35.5. The Morgan fingerprint density at radius 1 is 1.37 bits per heavy atom. The van der Waals surface area contributed by atoms with Crippen LogP contribution < -0.4 is 4.74 Å². The second-order valence-electron chi connectivity index (χ2n) is 4.50. The van der Waals surface area contributed by atoms with E-state index in [1.165, 1.54) is 5.56 Å². The number of aryl methyl sites for hydroxylation is 1.